The maximum absolute atomic E-state index is 10.9. The lowest BCUT2D eigenvalue weighted by Crippen LogP contribution is -2.03. The van der Waals surface area contributed by atoms with Crippen molar-refractivity contribution in [1.82, 2.24) is 14.8 Å². The third kappa shape index (κ3) is 2.14. The van der Waals surface area contributed by atoms with Crippen LogP contribution >= 0.6 is 11.3 Å². The van der Waals surface area contributed by atoms with Gasteiger partial charge in [-0.1, -0.05) is 29.5 Å². The quantitative estimate of drug-likeness (QED) is 0.595. The van der Waals surface area contributed by atoms with Gasteiger partial charge in [0.1, 0.15) is 5.75 Å². The van der Waals surface area contributed by atoms with Gasteiger partial charge in [-0.2, -0.15) is 9.78 Å². The van der Waals surface area contributed by atoms with E-state index >= 15 is 0 Å². The molecule has 0 saturated carbocycles. The van der Waals surface area contributed by atoms with E-state index in [0.717, 1.165) is 45.6 Å². The van der Waals surface area contributed by atoms with Crippen molar-refractivity contribution in [2.75, 3.05) is 7.11 Å². The van der Waals surface area contributed by atoms with Crippen molar-refractivity contribution >= 4 is 21.6 Å². The van der Waals surface area contributed by atoms with Gasteiger partial charge >= 0.3 is 0 Å². The molecule has 0 radical (unpaired) electrons. The zero-order chi connectivity index (χ0) is 17.0. The number of hydrogen-bond donors (Lipinski definition) is 1. The molecule has 124 valence electrons. The highest BCUT2D eigenvalue weighted by molar-refractivity contribution is 7.20. The first-order valence-corrected chi connectivity index (χ1v) is 8.90. The lowest BCUT2D eigenvalue weighted by Gasteiger charge is -2.16. The summed E-state index contributed by atoms with van der Waals surface area (Å²) in [5.74, 6) is 0.987. The molecule has 2 aromatic heterocycles. The van der Waals surface area contributed by atoms with Crippen molar-refractivity contribution in [2.45, 2.75) is 12.8 Å². The molecule has 1 aliphatic carbocycles. The van der Waals surface area contributed by atoms with E-state index in [9.17, 15) is 5.11 Å². The van der Waals surface area contributed by atoms with Crippen LogP contribution in [0.4, 0.5) is 0 Å². The fourth-order valence-corrected chi connectivity index (χ4v) is 4.31. The molecule has 5 rings (SSSR count). The van der Waals surface area contributed by atoms with Crippen LogP contribution in [0.15, 0.2) is 42.5 Å². The first kappa shape index (κ1) is 14.5. The summed E-state index contributed by atoms with van der Waals surface area (Å²) in [5, 5.41) is 16.2. The Labute approximate surface area is 148 Å². The number of ether oxygens (including phenoxy) is 1. The number of hydrogen-bond acceptors (Lipinski definition) is 5. The van der Waals surface area contributed by atoms with Crippen LogP contribution < -0.4 is 4.74 Å². The van der Waals surface area contributed by atoms with E-state index in [1.807, 2.05) is 42.5 Å². The number of nitrogens with zero attached hydrogens (tertiary/aromatic N) is 3. The average Bonchev–Trinajstić information content (AvgIpc) is 3.22. The molecule has 0 saturated heterocycles. The van der Waals surface area contributed by atoms with E-state index < -0.39 is 0 Å². The number of thiazole rings is 1. The standard InChI is InChI=1S/C19H15N3O2S/c1-24-12-7-8-13-11(10-12)6-9-15-17(13)18(23)22(21-15)19-20-14-4-2-3-5-16(14)25-19/h2-5,7-8,10,23H,6,9H2,1H3. The summed E-state index contributed by atoms with van der Waals surface area (Å²) in [5.41, 5.74) is 4.83. The Morgan fingerprint density at radius 2 is 2.04 bits per heavy atom. The minimum absolute atomic E-state index is 0.153. The smallest absolute Gasteiger partial charge is 0.224 e. The maximum atomic E-state index is 10.9. The number of aromatic hydroxyl groups is 1. The summed E-state index contributed by atoms with van der Waals surface area (Å²) in [6, 6.07) is 13.9. The van der Waals surface area contributed by atoms with E-state index in [-0.39, 0.29) is 5.88 Å². The van der Waals surface area contributed by atoms with Gasteiger partial charge in [-0.15, -0.1) is 0 Å². The van der Waals surface area contributed by atoms with Gasteiger partial charge < -0.3 is 9.84 Å². The Morgan fingerprint density at radius 1 is 1.16 bits per heavy atom. The van der Waals surface area contributed by atoms with Crippen LogP contribution in [0.5, 0.6) is 11.6 Å². The molecule has 25 heavy (non-hydrogen) atoms. The molecule has 0 unspecified atom stereocenters. The van der Waals surface area contributed by atoms with Gasteiger partial charge in [-0.05, 0) is 48.2 Å². The van der Waals surface area contributed by atoms with Crippen LogP contribution in [0.3, 0.4) is 0 Å². The third-order valence-corrected chi connectivity index (χ3v) is 5.62. The monoisotopic (exact) mass is 349 g/mol. The van der Waals surface area contributed by atoms with Crippen molar-refractivity contribution in [1.29, 1.82) is 0 Å². The van der Waals surface area contributed by atoms with Gasteiger partial charge in [0.2, 0.25) is 11.0 Å². The minimum atomic E-state index is 0.153. The van der Waals surface area contributed by atoms with Gasteiger partial charge in [0.25, 0.3) is 0 Å². The highest BCUT2D eigenvalue weighted by Crippen LogP contribution is 2.42. The third-order valence-electron chi connectivity index (χ3n) is 4.61. The second kappa shape index (κ2) is 5.32. The topological polar surface area (TPSA) is 60.2 Å². The maximum Gasteiger partial charge on any atom is 0.224 e. The second-order valence-corrected chi connectivity index (χ2v) is 7.05. The summed E-state index contributed by atoms with van der Waals surface area (Å²) >= 11 is 1.52. The van der Waals surface area contributed by atoms with E-state index in [2.05, 4.69) is 10.1 Å². The highest BCUT2D eigenvalue weighted by Gasteiger charge is 2.26. The fourth-order valence-electron chi connectivity index (χ4n) is 3.39. The van der Waals surface area contributed by atoms with Crippen molar-refractivity contribution in [3.05, 3.63) is 53.7 Å². The van der Waals surface area contributed by atoms with Gasteiger partial charge in [0, 0.05) is 0 Å². The van der Waals surface area contributed by atoms with Gasteiger partial charge in [-0.3, -0.25) is 0 Å². The molecule has 0 atom stereocenters. The first-order chi connectivity index (χ1) is 12.2. The van der Waals surface area contributed by atoms with Crippen molar-refractivity contribution in [2.24, 2.45) is 0 Å². The number of para-hydroxylation sites is 1. The number of benzene rings is 2. The summed E-state index contributed by atoms with van der Waals surface area (Å²) in [7, 11) is 1.67. The Kier molecular flexibility index (Phi) is 3.08. The fraction of sp³-hybridized carbons (Fsp3) is 0.158. The molecule has 0 amide bonds. The number of methoxy groups -OCH3 is 1. The van der Waals surface area contributed by atoms with Crippen LogP contribution in [0.25, 0.3) is 26.5 Å². The first-order valence-electron chi connectivity index (χ1n) is 8.08. The van der Waals surface area contributed by atoms with E-state index in [1.54, 1.807) is 11.8 Å². The molecule has 0 fully saturated rings. The molecular formula is C19H15N3O2S. The lowest BCUT2D eigenvalue weighted by atomic mass is 9.89. The Bertz CT molecular complexity index is 1080. The SMILES string of the molecule is COc1ccc2c(c1)CCc1nn(-c3nc4ccccc4s3)c(O)c1-2. The molecule has 5 nitrogen and oxygen atoms in total. The average molecular weight is 349 g/mol. The molecule has 4 aromatic rings. The molecular weight excluding hydrogens is 334 g/mol. The van der Waals surface area contributed by atoms with E-state index in [0.29, 0.717) is 5.13 Å². The Hall–Kier alpha value is -2.86. The Morgan fingerprint density at radius 3 is 2.88 bits per heavy atom. The molecule has 0 bridgehead atoms. The number of fused-ring (bicyclic) bond motifs is 4. The predicted octanol–water partition coefficient (Wildman–Crippen LogP) is 3.96. The normalized spacial score (nSPS) is 12.8. The van der Waals surface area contributed by atoms with Crippen molar-refractivity contribution in [3.63, 3.8) is 0 Å². The largest absolute Gasteiger partial charge is 0.497 e. The minimum Gasteiger partial charge on any atom is -0.497 e. The van der Waals surface area contributed by atoms with Crippen LogP contribution in [0.1, 0.15) is 11.3 Å². The summed E-state index contributed by atoms with van der Waals surface area (Å²) in [6.07, 6.45) is 1.68. The number of rotatable bonds is 2. The zero-order valence-corrected chi connectivity index (χ0v) is 14.4. The van der Waals surface area contributed by atoms with Gasteiger partial charge in [0.15, 0.2) is 0 Å². The molecule has 6 heteroatoms. The summed E-state index contributed by atoms with van der Waals surface area (Å²) < 4.78 is 7.96. The molecule has 2 aromatic carbocycles. The second-order valence-electron chi connectivity index (χ2n) is 6.04. The van der Waals surface area contributed by atoms with Crippen LogP contribution in [-0.2, 0) is 12.8 Å². The summed E-state index contributed by atoms with van der Waals surface area (Å²) in [6.45, 7) is 0. The van der Waals surface area contributed by atoms with Crippen LogP contribution in [-0.4, -0.2) is 27.0 Å². The zero-order valence-electron chi connectivity index (χ0n) is 13.6. The molecule has 1 aliphatic rings. The summed E-state index contributed by atoms with van der Waals surface area (Å²) in [4.78, 5) is 4.61. The molecule has 0 aliphatic heterocycles. The van der Waals surface area contributed by atoms with Gasteiger partial charge in [0.05, 0.1) is 28.6 Å². The molecule has 1 N–H and O–H groups in total. The van der Waals surface area contributed by atoms with E-state index in [1.165, 1.54) is 16.9 Å². The van der Waals surface area contributed by atoms with E-state index in [4.69, 9.17) is 4.74 Å². The number of aromatic nitrogens is 3. The van der Waals surface area contributed by atoms with Crippen LogP contribution in [0, 0.1) is 0 Å². The lowest BCUT2D eigenvalue weighted by molar-refractivity contribution is 0.414. The van der Waals surface area contributed by atoms with Crippen molar-refractivity contribution in [3.8, 4) is 27.9 Å². The number of aryl methyl sites for hydroxylation is 2. The van der Waals surface area contributed by atoms with Crippen molar-refractivity contribution < 1.29 is 9.84 Å². The molecule has 0 spiro atoms. The predicted molar refractivity (Wildman–Crippen MR) is 97.8 cm³/mol. The van der Waals surface area contributed by atoms with Crippen LogP contribution in [0.2, 0.25) is 0 Å². The van der Waals surface area contributed by atoms with Gasteiger partial charge in [-0.25, -0.2) is 4.98 Å². The Balaban J connectivity index is 1.68. The molecule has 2 heterocycles. The highest BCUT2D eigenvalue weighted by atomic mass is 32.1.